The Labute approximate surface area is 97.4 Å². The molecule has 1 aromatic heterocycles. The molecule has 0 aliphatic carbocycles. The average molecular weight is 226 g/mol. The van der Waals surface area contributed by atoms with E-state index in [-0.39, 0.29) is 0 Å². The first-order valence-corrected chi connectivity index (χ1v) is 6.08. The van der Waals surface area contributed by atoms with Crippen LogP contribution in [0.15, 0.2) is 10.6 Å². The first-order chi connectivity index (χ1) is 7.86. The van der Waals surface area contributed by atoms with E-state index in [1.165, 1.54) is 0 Å². The first-order valence-electron chi connectivity index (χ1n) is 6.08. The highest BCUT2D eigenvalue weighted by molar-refractivity contribution is 4.94. The number of nitrogens with one attached hydrogen (secondary N) is 1. The van der Waals surface area contributed by atoms with Crippen molar-refractivity contribution in [1.29, 1.82) is 0 Å². The lowest BCUT2D eigenvalue weighted by Gasteiger charge is -1.99. The van der Waals surface area contributed by atoms with Gasteiger partial charge in [0.1, 0.15) is 5.76 Å². The average Bonchev–Trinajstić information content (AvgIpc) is 2.73. The van der Waals surface area contributed by atoms with E-state index in [1.54, 1.807) is 6.20 Å². The molecule has 0 bridgehead atoms. The second-order valence-corrected chi connectivity index (χ2v) is 3.76. The minimum absolute atomic E-state index is 0.712. The van der Waals surface area contributed by atoms with Crippen molar-refractivity contribution in [2.75, 3.05) is 19.8 Å². The normalized spacial score (nSPS) is 10.9. The van der Waals surface area contributed by atoms with Gasteiger partial charge in [-0.3, -0.25) is 0 Å². The van der Waals surface area contributed by atoms with E-state index in [0.29, 0.717) is 13.2 Å². The number of nitrogens with zero attached hydrogens (tertiary/aromatic N) is 1. The van der Waals surface area contributed by atoms with Crippen LogP contribution in [-0.4, -0.2) is 24.7 Å². The van der Waals surface area contributed by atoms with Crippen LogP contribution in [0.25, 0.3) is 0 Å². The highest BCUT2D eigenvalue weighted by Gasteiger charge is 2.02. The summed E-state index contributed by atoms with van der Waals surface area (Å²) in [5, 5.41) is 3.25. The molecule has 0 aromatic carbocycles. The molecular weight excluding hydrogens is 204 g/mol. The third-order valence-electron chi connectivity index (χ3n) is 2.15. The topological polar surface area (TPSA) is 47.3 Å². The summed E-state index contributed by atoms with van der Waals surface area (Å²) in [5.74, 6) is 1.67. The van der Waals surface area contributed by atoms with Gasteiger partial charge in [-0.15, -0.1) is 0 Å². The van der Waals surface area contributed by atoms with Crippen molar-refractivity contribution in [1.82, 2.24) is 10.3 Å². The quantitative estimate of drug-likeness (QED) is 0.655. The second-order valence-electron chi connectivity index (χ2n) is 3.76. The number of hydrogen-bond acceptors (Lipinski definition) is 4. The Hall–Kier alpha value is -0.870. The Kier molecular flexibility index (Phi) is 6.85. The van der Waals surface area contributed by atoms with Crippen molar-refractivity contribution in [3.8, 4) is 0 Å². The fourth-order valence-corrected chi connectivity index (χ4v) is 1.34. The Morgan fingerprint density at radius 2 is 2.19 bits per heavy atom. The predicted molar refractivity (Wildman–Crippen MR) is 63.3 cm³/mol. The Bertz CT molecular complexity index is 274. The summed E-state index contributed by atoms with van der Waals surface area (Å²) in [6.07, 6.45) is 4.78. The molecule has 1 rings (SSSR count). The van der Waals surface area contributed by atoms with Crippen LogP contribution < -0.4 is 5.32 Å². The molecule has 1 heterocycles. The summed E-state index contributed by atoms with van der Waals surface area (Å²) in [5.41, 5.74) is 0. The molecule has 0 fully saturated rings. The van der Waals surface area contributed by atoms with Gasteiger partial charge < -0.3 is 14.5 Å². The van der Waals surface area contributed by atoms with Crippen LogP contribution in [0.1, 0.15) is 38.3 Å². The summed E-state index contributed by atoms with van der Waals surface area (Å²) in [6.45, 7) is 7.48. The zero-order valence-electron chi connectivity index (χ0n) is 10.3. The molecular formula is C12H22N2O2. The summed E-state index contributed by atoms with van der Waals surface area (Å²) in [6, 6.07) is 0. The van der Waals surface area contributed by atoms with Gasteiger partial charge in [-0.2, -0.15) is 0 Å². The van der Waals surface area contributed by atoms with Gasteiger partial charge in [0.2, 0.25) is 5.89 Å². The minimum atomic E-state index is 0.712. The maximum Gasteiger partial charge on any atom is 0.208 e. The zero-order valence-corrected chi connectivity index (χ0v) is 10.3. The fourth-order valence-electron chi connectivity index (χ4n) is 1.34. The molecule has 0 spiro atoms. The molecule has 0 saturated heterocycles. The molecule has 0 amide bonds. The molecule has 0 atom stereocenters. The molecule has 4 nitrogen and oxygen atoms in total. The van der Waals surface area contributed by atoms with Crippen molar-refractivity contribution in [3.63, 3.8) is 0 Å². The molecule has 0 aliphatic heterocycles. The molecule has 0 unspecified atom stereocenters. The first kappa shape index (κ1) is 13.2. The lowest BCUT2D eigenvalue weighted by molar-refractivity contribution is 0.134. The predicted octanol–water partition coefficient (Wildman–Crippen LogP) is 2.14. The summed E-state index contributed by atoms with van der Waals surface area (Å²) in [4.78, 5) is 4.20. The van der Waals surface area contributed by atoms with Crippen LogP contribution in [0.2, 0.25) is 0 Å². The molecule has 4 heteroatoms. The van der Waals surface area contributed by atoms with Crippen LogP contribution in [0.3, 0.4) is 0 Å². The summed E-state index contributed by atoms with van der Waals surface area (Å²) >= 11 is 0. The third kappa shape index (κ3) is 5.28. The van der Waals surface area contributed by atoms with E-state index in [4.69, 9.17) is 9.15 Å². The largest absolute Gasteiger partial charge is 0.444 e. The van der Waals surface area contributed by atoms with Gasteiger partial charge in [0.15, 0.2) is 0 Å². The number of aromatic nitrogens is 1. The van der Waals surface area contributed by atoms with Gasteiger partial charge >= 0.3 is 0 Å². The molecule has 1 N–H and O–H groups in total. The Balaban J connectivity index is 2.17. The lowest BCUT2D eigenvalue weighted by Crippen LogP contribution is -2.13. The van der Waals surface area contributed by atoms with Crippen LogP contribution >= 0.6 is 0 Å². The minimum Gasteiger partial charge on any atom is -0.444 e. The van der Waals surface area contributed by atoms with Crippen molar-refractivity contribution in [3.05, 3.63) is 17.8 Å². The van der Waals surface area contributed by atoms with E-state index in [2.05, 4.69) is 24.1 Å². The number of rotatable bonds is 9. The molecule has 92 valence electrons. The van der Waals surface area contributed by atoms with Gasteiger partial charge in [-0.1, -0.05) is 13.8 Å². The maximum absolute atomic E-state index is 5.56. The smallest absolute Gasteiger partial charge is 0.208 e. The van der Waals surface area contributed by atoms with Crippen LogP contribution in [0.4, 0.5) is 0 Å². The molecule has 1 aromatic rings. The Morgan fingerprint density at radius 1 is 1.31 bits per heavy atom. The van der Waals surface area contributed by atoms with Gasteiger partial charge in [-0.25, -0.2) is 4.98 Å². The van der Waals surface area contributed by atoms with E-state index in [0.717, 1.165) is 44.1 Å². The van der Waals surface area contributed by atoms with Crippen molar-refractivity contribution < 1.29 is 9.15 Å². The van der Waals surface area contributed by atoms with Gasteiger partial charge in [0, 0.05) is 13.0 Å². The molecule has 0 aliphatic rings. The highest BCUT2D eigenvalue weighted by Crippen LogP contribution is 2.04. The van der Waals surface area contributed by atoms with Crippen molar-refractivity contribution in [2.45, 2.75) is 39.7 Å². The van der Waals surface area contributed by atoms with Gasteiger partial charge in [0.25, 0.3) is 0 Å². The summed E-state index contributed by atoms with van der Waals surface area (Å²) < 4.78 is 10.9. The fraction of sp³-hybridized carbons (Fsp3) is 0.750. The number of hydrogen-bond donors (Lipinski definition) is 1. The molecule has 0 radical (unpaired) electrons. The highest BCUT2D eigenvalue weighted by atomic mass is 16.5. The number of oxazole rings is 1. The zero-order chi connectivity index (χ0) is 11.6. The monoisotopic (exact) mass is 226 g/mol. The van der Waals surface area contributed by atoms with Crippen LogP contribution in [0.5, 0.6) is 0 Å². The van der Waals surface area contributed by atoms with Gasteiger partial charge in [-0.05, 0) is 19.4 Å². The SMILES string of the molecule is CCCNCc1ncc(CCOCCC)o1. The van der Waals surface area contributed by atoms with E-state index in [9.17, 15) is 0 Å². The summed E-state index contributed by atoms with van der Waals surface area (Å²) in [7, 11) is 0. The van der Waals surface area contributed by atoms with E-state index in [1.807, 2.05) is 0 Å². The van der Waals surface area contributed by atoms with Crippen LogP contribution in [0, 0.1) is 0 Å². The van der Waals surface area contributed by atoms with E-state index < -0.39 is 0 Å². The van der Waals surface area contributed by atoms with Crippen molar-refractivity contribution >= 4 is 0 Å². The number of ether oxygens (including phenoxy) is 1. The lowest BCUT2D eigenvalue weighted by atomic mass is 10.4. The standard InChI is InChI=1S/C12H22N2O2/c1-3-6-13-10-12-14-9-11(16-12)5-8-15-7-4-2/h9,13H,3-8,10H2,1-2H3. The van der Waals surface area contributed by atoms with Crippen LogP contribution in [-0.2, 0) is 17.7 Å². The second kappa shape index (κ2) is 8.30. The third-order valence-corrected chi connectivity index (χ3v) is 2.15. The molecule has 0 saturated carbocycles. The Morgan fingerprint density at radius 3 is 2.94 bits per heavy atom. The van der Waals surface area contributed by atoms with Crippen molar-refractivity contribution in [2.24, 2.45) is 0 Å². The van der Waals surface area contributed by atoms with Gasteiger partial charge in [0.05, 0.1) is 19.3 Å². The molecule has 16 heavy (non-hydrogen) atoms. The van der Waals surface area contributed by atoms with E-state index >= 15 is 0 Å². The maximum atomic E-state index is 5.56.